The second kappa shape index (κ2) is 8.14. The molecule has 0 bridgehead atoms. The third kappa shape index (κ3) is 3.72. The van der Waals surface area contributed by atoms with Gasteiger partial charge in [0, 0.05) is 50.0 Å². The zero-order valence-electron chi connectivity index (χ0n) is 17.4. The Hall–Kier alpha value is -3.80. The fourth-order valence-corrected chi connectivity index (χ4v) is 4.13. The highest BCUT2D eigenvalue weighted by Crippen LogP contribution is 2.33. The summed E-state index contributed by atoms with van der Waals surface area (Å²) in [6.45, 7) is 1.84. The minimum atomic E-state index is -0.100. The first-order chi connectivity index (χ1) is 15.2. The van der Waals surface area contributed by atoms with E-state index in [0.29, 0.717) is 24.5 Å². The third-order valence-corrected chi connectivity index (χ3v) is 5.80. The second-order valence-electron chi connectivity index (χ2n) is 7.71. The van der Waals surface area contributed by atoms with Crippen molar-refractivity contribution in [2.45, 2.75) is 19.2 Å². The van der Waals surface area contributed by atoms with Crippen LogP contribution in [0.25, 0.3) is 0 Å². The average Bonchev–Trinajstić information content (AvgIpc) is 3.46. The first kappa shape index (κ1) is 19.2. The quantitative estimate of drug-likeness (QED) is 0.497. The van der Waals surface area contributed by atoms with Gasteiger partial charge in [0.25, 0.3) is 5.91 Å². The molecule has 2 aromatic carbocycles. The van der Waals surface area contributed by atoms with Crippen LogP contribution in [0, 0.1) is 0 Å². The Bertz CT molecular complexity index is 1180. The SMILES string of the molecule is Cn1ccnc1COc1ccc(C(=O)N2CCn3cccc3C2c2ccccc2)cc1. The number of ether oxygens (including phenoxy) is 1. The zero-order valence-corrected chi connectivity index (χ0v) is 17.4. The number of benzene rings is 2. The standard InChI is InChI=1S/C25H24N4O2/c1-27-15-13-26-23(27)18-31-21-11-9-20(10-12-21)25(30)29-17-16-28-14-5-8-22(28)24(29)19-6-3-2-4-7-19/h2-15,24H,16-18H2,1H3. The van der Waals surface area contributed by atoms with Crippen molar-refractivity contribution in [3.63, 3.8) is 0 Å². The molecule has 0 radical (unpaired) electrons. The summed E-state index contributed by atoms with van der Waals surface area (Å²) in [4.78, 5) is 19.7. The number of imidazole rings is 1. The van der Waals surface area contributed by atoms with Crippen LogP contribution in [0.2, 0.25) is 0 Å². The van der Waals surface area contributed by atoms with Crippen LogP contribution in [0.5, 0.6) is 5.75 Å². The van der Waals surface area contributed by atoms with Crippen LogP contribution in [0.4, 0.5) is 0 Å². The number of aryl methyl sites for hydroxylation is 1. The van der Waals surface area contributed by atoms with Gasteiger partial charge in [-0.25, -0.2) is 4.98 Å². The van der Waals surface area contributed by atoms with E-state index in [-0.39, 0.29) is 11.9 Å². The summed E-state index contributed by atoms with van der Waals surface area (Å²) >= 11 is 0. The Morgan fingerprint density at radius 1 is 1.00 bits per heavy atom. The van der Waals surface area contributed by atoms with Gasteiger partial charge in [-0.1, -0.05) is 30.3 Å². The molecule has 1 amide bonds. The van der Waals surface area contributed by atoms with Crippen molar-refractivity contribution >= 4 is 5.91 Å². The van der Waals surface area contributed by atoms with Gasteiger partial charge in [0.1, 0.15) is 18.2 Å². The molecule has 2 aromatic heterocycles. The van der Waals surface area contributed by atoms with Gasteiger partial charge in [-0.15, -0.1) is 0 Å². The van der Waals surface area contributed by atoms with Crippen LogP contribution < -0.4 is 4.74 Å². The van der Waals surface area contributed by atoms with Crippen LogP contribution in [-0.2, 0) is 20.2 Å². The molecule has 3 heterocycles. The highest BCUT2D eigenvalue weighted by Gasteiger charge is 2.32. The summed E-state index contributed by atoms with van der Waals surface area (Å²) in [5.41, 5.74) is 2.91. The molecular weight excluding hydrogens is 388 g/mol. The molecular formula is C25H24N4O2. The van der Waals surface area contributed by atoms with Crippen molar-refractivity contribution in [1.29, 1.82) is 0 Å². The Labute approximate surface area is 181 Å². The van der Waals surface area contributed by atoms with Gasteiger partial charge in [0.05, 0.1) is 6.04 Å². The van der Waals surface area contributed by atoms with Crippen LogP contribution in [0.15, 0.2) is 85.3 Å². The van der Waals surface area contributed by atoms with E-state index in [9.17, 15) is 4.79 Å². The number of nitrogens with zero attached hydrogens (tertiary/aromatic N) is 4. The van der Waals surface area contributed by atoms with Crippen LogP contribution >= 0.6 is 0 Å². The molecule has 156 valence electrons. The van der Waals surface area contributed by atoms with Gasteiger partial charge < -0.3 is 18.8 Å². The normalized spacial score (nSPS) is 15.5. The van der Waals surface area contributed by atoms with Gasteiger partial charge in [0.2, 0.25) is 0 Å². The van der Waals surface area contributed by atoms with Crippen molar-refractivity contribution in [3.05, 3.63) is 108 Å². The molecule has 0 saturated heterocycles. The summed E-state index contributed by atoms with van der Waals surface area (Å²) in [5, 5.41) is 0. The van der Waals surface area contributed by atoms with Crippen LogP contribution in [0.1, 0.15) is 33.5 Å². The van der Waals surface area contributed by atoms with Crippen LogP contribution in [-0.4, -0.2) is 31.5 Å². The van der Waals surface area contributed by atoms with E-state index >= 15 is 0 Å². The third-order valence-electron chi connectivity index (χ3n) is 5.80. The maximum Gasteiger partial charge on any atom is 0.254 e. The number of aromatic nitrogens is 3. The molecule has 1 atom stereocenters. The van der Waals surface area contributed by atoms with E-state index in [4.69, 9.17) is 4.74 Å². The molecule has 0 N–H and O–H groups in total. The summed E-state index contributed by atoms with van der Waals surface area (Å²) in [6.07, 6.45) is 5.72. The molecule has 5 rings (SSSR count). The number of amides is 1. The van der Waals surface area contributed by atoms with Gasteiger partial charge in [-0.05, 0) is 42.0 Å². The smallest absolute Gasteiger partial charge is 0.254 e. The predicted molar refractivity (Wildman–Crippen MR) is 118 cm³/mol. The summed E-state index contributed by atoms with van der Waals surface area (Å²) in [6, 6.07) is 21.6. The first-order valence-corrected chi connectivity index (χ1v) is 10.4. The fraction of sp³-hybridized carbons (Fsp3) is 0.200. The average molecular weight is 412 g/mol. The molecule has 0 aliphatic carbocycles. The zero-order chi connectivity index (χ0) is 21.2. The molecule has 0 fully saturated rings. The highest BCUT2D eigenvalue weighted by molar-refractivity contribution is 5.95. The fourth-order valence-electron chi connectivity index (χ4n) is 4.13. The lowest BCUT2D eigenvalue weighted by molar-refractivity contribution is 0.0664. The van der Waals surface area contributed by atoms with E-state index < -0.39 is 0 Å². The Morgan fingerprint density at radius 3 is 2.55 bits per heavy atom. The van der Waals surface area contributed by atoms with E-state index in [2.05, 4.69) is 33.9 Å². The lowest BCUT2D eigenvalue weighted by Crippen LogP contribution is -2.42. The number of carbonyl (C=O) groups excluding carboxylic acids is 1. The maximum absolute atomic E-state index is 13.5. The van der Waals surface area contributed by atoms with E-state index in [1.54, 1.807) is 6.20 Å². The van der Waals surface area contributed by atoms with Gasteiger partial charge in [-0.3, -0.25) is 4.79 Å². The largest absolute Gasteiger partial charge is 0.486 e. The van der Waals surface area contributed by atoms with Gasteiger partial charge in [0.15, 0.2) is 0 Å². The molecule has 1 aliphatic heterocycles. The molecule has 4 aromatic rings. The van der Waals surface area contributed by atoms with E-state index in [1.807, 2.05) is 71.2 Å². The minimum Gasteiger partial charge on any atom is -0.486 e. The lowest BCUT2D eigenvalue weighted by Gasteiger charge is -2.37. The topological polar surface area (TPSA) is 52.3 Å². The molecule has 6 heteroatoms. The molecule has 0 spiro atoms. The first-order valence-electron chi connectivity index (χ1n) is 10.4. The number of hydrogen-bond donors (Lipinski definition) is 0. The number of hydrogen-bond acceptors (Lipinski definition) is 3. The molecule has 1 unspecified atom stereocenters. The monoisotopic (exact) mass is 412 g/mol. The Balaban J connectivity index is 1.37. The Kier molecular flexibility index (Phi) is 5.04. The van der Waals surface area contributed by atoms with Crippen molar-refractivity contribution < 1.29 is 9.53 Å². The maximum atomic E-state index is 13.5. The number of carbonyl (C=O) groups is 1. The summed E-state index contributed by atoms with van der Waals surface area (Å²) < 4.78 is 9.98. The van der Waals surface area contributed by atoms with Crippen molar-refractivity contribution in [3.8, 4) is 5.75 Å². The summed E-state index contributed by atoms with van der Waals surface area (Å²) in [5.74, 6) is 1.59. The van der Waals surface area contributed by atoms with Crippen molar-refractivity contribution in [1.82, 2.24) is 19.0 Å². The molecule has 1 aliphatic rings. The second-order valence-corrected chi connectivity index (χ2v) is 7.71. The van der Waals surface area contributed by atoms with Crippen LogP contribution in [0.3, 0.4) is 0 Å². The van der Waals surface area contributed by atoms with E-state index in [0.717, 1.165) is 23.6 Å². The minimum absolute atomic E-state index is 0.0250. The van der Waals surface area contributed by atoms with Gasteiger partial charge >= 0.3 is 0 Å². The molecule has 6 nitrogen and oxygen atoms in total. The molecule has 0 saturated carbocycles. The molecule has 31 heavy (non-hydrogen) atoms. The highest BCUT2D eigenvalue weighted by atomic mass is 16.5. The number of rotatable bonds is 5. The lowest BCUT2D eigenvalue weighted by atomic mass is 9.99. The van der Waals surface area contributed by atoms with Crippen molar-refractivity contribution in [2.75, 3.05) is 6.54 Å². The van der Waals surface area contributed by atoms with Gasteiger partial charge in [-0.2, -0.15) is 0 Å². The predicted octanol–water partition coefficient (Wildman–Crippen LogP) is 4.05. The summed E-state index contributed by atoms with van der Waals surface area (Å²) in [7, 11) is 1.94. The van der Waals surface area contributed by atoms with Crippen molar-refractivity contribution in [2.24, 2.45) is 7.05 Å². The Morgan fingerprint density at radius 2 is 1.81 bits per heavy atom. The van der Waals surface area contributed by atoms with E-state index in [1.165, 1.54) is 0 Å². The number of fused-ring (bicyclic) bond motifs is 1.